The summed E-state index contributed by atoms with van der Waals surface area (Å²) in [7, 11) is 0. The van der Waals surface area contributed by atoms with Gasteiger partial charge in [-0.2, -0.15) is 0 Å². The number of esters is 1. The molecule has 0 heterocycles. The van der Waals surface area contributed by atoms with E-state index in [9.17, 15) is 9.59 Å². The molecule has 0 saturated heterocycles. The molecule has 0 aliphatic rings. The van der Waals surface area contributed by atoms with Crippen molar-refractivity contribution in [2.45, 2.75) is 13.8 Å². The molecule has 0 fully saturated rings. The van der Waals surface area contributed by atoms with Crippen LogP contribution in [0, 0.1) is 6.92 Å². The van der Waals surface area contributed by atoms with Crippen molar-refractivity contribution in [1.29, 1.82) is 0 Å². The summed E-state index contributed by atoms with van der Waals surface area (Å²) in [6, 6.07) is 4.39. The number of hydrogen-bond acceptors (Lipinski definition) is 3. The highest BCUT2D eigenvalue weighted by atomic mass is 16.5. The Bertz CT molecular complexity index is 446. The molecular weight excluding hydrogens is 208 g/mol. The summed E-state index contributed by atoms with van der Waals surface area (Å²) in [6.07, 6.45) is 2.82. The predicted octanol–water partition coefficient (Wildman–Crippen LogP) is 2.17. The Morgan fingerprint density at radius 3 is 2.62 bits per heavy atom. The van der Waals surface area contributed by atoms with E-state index in [0.29, 0.717) is 5.56 Å². The van der Waals surface area contributed by atoms with Crippen LogP contribution in [0.2, 0.25) is 0 Å². The maximum absolute atomic E-state index is 11.2. The zero-order valence-corrected chi connectivity index (χ0v) is 9.06. The number of carbonyl (C=O) groups is 2. The fourth-order valence-corrected chi connectivity index (χ4v) is 1.12. The van der Waals surface area contributed by atoms with Gasteiger partial charge in [0.2, 0.25) is 0 Å². The third-order valence-corrected chi connectivity index (χ3v) is 1.95. The minimum atomic E-state index is -1.05. The molecule has 0 aliphatic heterocycles. The van der Waals surface area contributed by atoms with Crippen LogP contribution >= 0.6 is 0 Å². The maximum Gasteiger partial charge on any atom is 0.335 e. The number of benzene rings is 1. The molecule has 0 atom stereocenters. The predicted molar refractivity (Wildman–Crippen MR) is 58.6 cm³/mol. The minimum absolute atomic E-state index is 0.0916. The monoisotopic (exact) mass is 220 g/mol. The molecule has 0 bridgehead atoms. The molecule has 16 heavy (non-hydrogen) atoms. The number of hydrogen-bond donors (Lipinski definition) is 1. The first-order valence-corrected chi connectivity index (χ1v) is 4.73. The van der Waals surface area contributed by atoms with Crippen LogP contribution in [-0.2, 0) is 4.79 Å². The lowest BCUT2D eigenvalue weighted by Crippen LogP contribution is -2.06. The Kier molecular flexibility index (Phi) is 3.83. The van der Waals surface area contributed by atoms with Crippen molar-refractivity contribution in [2.75, 3.05) is 0 Å². The van der Waals surface area contributed by atoms with Crippen molar-refractivity contribution < 1.29 is 19.4 Å². The Morgan fingerprint density at radius 2 is 2.06 bits per heavy atom. The molecule has 0 aromatic heterocycles. The van der Waals surface area contributed by atoms with Crippen LogP contribution in [0.5, 0.6) is 5.75 Å². The summed E-state index contributed by atoms with van der Waals surface area (Å²) < 4.78 is 4.99. The third kappa shape index (κ3) is 2.95. The maximum atomic E-state index is 11.2. The molecule has 4 heteroatoms. The van der Waals surface area contributed by atoms with Gasteiger partial charge in [-0.15, -0.1) is 0 Å². The van der Waals surface area contributed by atoms with Crippen LogP contribution in [0.25, 0.3) is 0 Å². The Balaban J connectivity index is 2.98. The fourth-order valence-electron chi connectivity index (χ4n) is 1.12. The first-order valence-electron chi connectivity index (χ1n) is 4.73. The molecule has 0 radical (unpaired) electrons. The molecule has 1 aromatic carbocycles. The van der Waals surface area contributed by atoms with Gasteiger partial charge >= 0.3 is 11.9 Å². The van der Waals surface area contributed by atoms with Crippen molar-refractivity contribution in [1.82, 2.24) is 0 Å². The zero-order chi connectivity index (χ0) is 12.1. The average molecular weight is 220 g/mol. The summed E-state index contributed by atoms with van der Waals surface area (Å²) in [4.78, 5) is 21.9. The third-order valence-electron chi connectivity index (χ3n) is 1.95. The molecule has 4 nitrogen and oxygen atoms in total. The van der Waals surface area contributed by atoms with Gasteiger partial charge in [0.1, 0.15) is 5.75 Å². The number of allylic oxidation sites excluding steroid dienone is 1. The van der Waals surface area contributed by atoms with E-state index in [-0.39, 0.29) is 11.3 Å². The number of carboxylic acid groups (broad SMARTS) is 1. The van der Waals surface area contributed by atoms with E-state index in [1.807, 2.05) is 0 Å². The highest BCUT2D eigenvalue weighted by Crippen LogP contribution is 2.19. The number of rotatable bonds is 3. The van der Waals surface area contributed by atoms with Crippen LogP contribution in [-0.4, -0.2) is 17.0 Å². The highest BCUT2D eigenvalue weighted by molar-refractivity contribution is 5.89. The van der Waals surface area contributed by atoms with Gasteiger partial charge in [0.05, 0.1) is 5.56 Å². The number of carboxylic acids is 1. The van der Waals surface area contributed by atoms with E-state index in [1.165, 1.54) is 18.2 Å². The second kappa shape index (κ2) is 5.11. The molecule has 84 valence electrons. The van der Waals surface area contributed by atoms with Gasteiger partial charge in [0, 0.05) is 6.08 Å². The Hall–Kier alpha value is -2.10. The standard InChI is InChI=1S/C12H12O4/c1-3-4-11(13)16-10-7-9(12(14)15)6-5-8(10)2/h3-7H,1-2H3,(H,14,15)/b4-3+. The van der Waals surface area contributed by atoms with Crippen LogP contribution in [0.4, 0.5) is 0 Å². The molecule has 1 N–H and O–H groups in total. The van der Waals surface area contributed by atoms with E-state index < -0.39 is 11.9 Å². The van der Waals surface area contributed by atoms with Crippen molar-refractivity contribution >= 4 is 11.9 Å². The van der Waals surface area contributed by atoms with Crippen molar-refractivity contribution in [3.63, 3.8) is 0 Å². The molecule has 1 rings (SSSR count). The normalized spacial score (nSPS) is 10.4. The van der Waals surface area contributed by atoms with Crippen molar-refractivity contribution in [3.8, 4) is 5.75 Å². The SMILES string of the molecule is C/C=C/C(=O)Oc1cc(C(=O)O)ccc1C. The van der Waals surface area contributed by atoms with Gasteiger partial charge in [-0.25, -0.2) is 9.59 Å². The van der Waals surface area contributed by atoms with E-state index in [4.69, 9.17) is 9.84 Å². The first kappa shape index (κ1) is 12.0. The fraction of sp³-hybridized carbons (Fsp3) is 0.167. The topological polar surface area (TPSA) is 63.6 Å². The number of carbonyl (C=O) groups excluding carboxylic acids is 1. The summed E-state index contributed by atoms with van der Waals surface area (Å²) in [5.41, 5.74) is 0.803. The lowest BCUT2D eigenvalue weighted by atomic mass is 10.1. The van der Waals surface area contributed by atoms with Gasteiger partial charge in [0.25, 0.3) is 0 Å². The summed E-state index contributed by atoms with van der Waals surface area (Å²) >= 11 is 0. The van der Waals surface area contributed by atoms with E-state index >= 15 is 0 Å². The number of ether oxygens (including phenoxy) is 1. The van der Waals surface area contributed by atoms with Crippen LogP contribution in [0.1, 0.15) is 22.8 Å². The molecule has 0 amide bonds. The second-order valence-corrected chi connectivity index (χ2v) is 3.21. The number of aromatic carboxylic acids is 1. The second-order valence-electron chi connectivity index (χ2n) is 3.21. The van der Waals surface area contributed by atoms with E-state index in [2.05, 4.69) is 0 Å². The van der Waals surface area contributed by atoms with Crippen LogP contribution in [0.3, 0.4) is 0 Å². The van der Waals surface area contributed by atoms with Gasteiger partial charge < -0.3 is 9.84 Å². The molecule has 0 saturated carbocycles. The summed E-state index contributed by atoms with van der Waals surface area (Å²) in [5.74, 6) is -1.31. The van der Waals surface area contributed by atoms with Gasteiger partial charge in [0.15, 0.2) is 0 Å². The van der Waals surface area contributed by atoms with Crippen LogP contribution in [0.15, 0.2) is 30.4 Å². The van der Waals surface area contributed by atoms with Gasteiger partial charge in [-0.1, -0.05) is 12.1 Å². The lowest BCUT2D eigenvalue weighted by molar-refractivity contribution is -0.129. The van der Waals surface area contributed by atoms with Gasteiger partial charge in [-0.3, -0.25) is 0 Å². The molecular formula is C12H12O4. The molecule has 0 aliphatic carbocycles. The molecule has 0 unspecified atom stereocenters. The Morgan fingerprint density at radius 1 is 1.38 bits per heavy atom. The van der Waals surface area contributed by atoms with E-state index in [0.717, 1.165) is 0 Å². The number of aryl methyl sites for hydroxylation is 1. The lowest BCUT2D eigenvalue weighted by Gasteiger charge is -2.06. The first-order chi connectivity index (χ1) is 7.54. The van der Waals surface area contributed by atoms with Crippen molar-refractivity contribution in [2.24, 2.45) is 0 Å². The van der Waals surface area contributed by atoms with E-state index in [1.54, 1.807) is 26.0 Å². The van der Waals surface area contributed by atoms with Crippen LogP contribution < -0.4 is 4.74 Å². The largest absolute Gasteiger partial charge is 0.478 e. The van der Waals surface area contributed by atoms with Gasteiger partial charge in [-0.05, 0) is 31.5 Å². The summed E-state index contributed by atoms with van der Waals surface area (Å²) in [5, 5.41) is 8.78. The molecule has 0 spiro atoms. The minimum Gasteiger partial charge on any atom is -0.478 e. The Labute approximate surface area is 93.2 Å². The zero-order valence-electron chi connectivity index (χ0n) is 9.06. The highest BCUT2D eigenvalue weighted by Gasteiger charge is 2.09. The average Bonchev–Trinajstić information content (AvgIpc) is 2.21. The molecule has 1 aromatic rings. The summed E-state index contributed by atoms with van der Waals surface area (Å²) in [6.45, 7) is 3.44. The van der Waals surface area contributed by atoms with Crippen molar-refractivity contribution in [3.05, 3.63) is 41.5 Å². The smallest absolute Gasteiger partial charge is 0.335 e. The quantitative estimate of drug-likeness (QED) is 0.481.